The highest BCUT2D eigenvalue weighted by molar-refractivity contribution is 7.89. The molecule has 2 N–H and O–H groups in total. The lowest BCUT2D eigenvalue weighted by Crippen LogP contribution is -2.37. The number of aromatic amines is 1. The molecule has 0 unspecified atom stereocenters. The predicted octanol–water partition coefficient (Wildman–Crippen LogP) is 1.58. The Morgan fingerprint density at radius 2 is 2.00 bits per heavy atom. The SMILES string of the molecule is Cc1ncc(S(=O)(=O)NC2CCC(C)CC2)[nH]1. The summed E-state index contributed by atoms with van der Waals surface area (Å²) in [5.74, 6) is 1.33. The first-order chi connectivity index (χ1) is 7.97. The van der Waals surface area contributed by atoms with Crippen molar-refractivity contribution in [2.24, 2.45) is 5.92 Å². The van der Waals surface area contributed by atoms with Crippen LogP contribution < -0.4 is 4.72 Å². The van der Waals surface area contributed by atoms with Crippen LogP contribution in [0.4, 0.5) is 0 Å². The zero-order chi connectivity index (χ0) is 12.5. The Morgan fingerprint density at radius 1 is 1.35 bits per heavy atom. The number of H-pyrrole nitrogens is 1. The molecule has 0 aromatic carbocycles. The number of hydrogen-bond donors (Lipinski definition) is 2. The predicted molar refractivity (Wildman–Crippen MR) is 65.1 cm³/mol. The summed E-state index contributed by atoms with van der Waals surface area (Å²) in [4.78, 5) is 6.67. The first-order valence-corrected chi connectivity index (χ1v) is 7.49. The largest absolute Gasteiger partial charge is 0.332 e. The van der Waals surface area contributed by atoms with Gasteiger partial charge in [0.2, 0.25) is 0 Å². The highest BCUT2D eigenvalue weighted by atomic mass is 32.2. The molecule has 5 nitrogen and oxygen atoms in total. The van der Waals surface area contributed by atoms with Gasteiger partial charge in [0.15, 0.2) is 5.03 Å². The number of aromatic nitrogens is 2. The molecule has 0 saturated heterocycles. The van der Waals surface area contributed by atoms with Crippen molar-refractivity contribution < 1.29 is 8.42 Å². The van der Waals surface area contributed by atoms with Crippen molar-refractivity contribution in [3.05, 3.63) is 12.0 Å². The van der Waals surface area contributed by atoms with Crippen LogP contribution >= 0.6 is 0 Å². The number of nitrogens with one attached hydrogen (secondary N) is 2. The van der Waals surface area contributed by atoms with E-state index in [-0.39, 0.29) is 11.1 Å². The van der Waals surface area contributed by atoms with Gasteiger partial charge in [0.25, 0.3) is 10.0 Å². The molecule has 1 fully saturated rings. The van der Waals surface area contributed by atoms with E-state index in [0.717, 1.165) is 25.7 Å². The minimum Gasteiger partial charge on any atom is -0.332 e. The van der Waals surface area contributed by atoms with E-state index < -0.39 is 10.0 Å². The van der Waals surface area contributed by atoms with Gasteiger partial charge in [0.05, 0.1) is 6.20 Å². The zero-order valence-corrected chi connectivity index (χ0v) is 11.0. The fourth-order valence-corrected chi connectivity index (χ4v) is 3.47. The summed E-state index contributed by atoms with van der Waals surface area (Å²) in [6.45, 7) is 3.95. The number of imidazole rings is 1. The maximum Gasteiger partial charge on any atom is 0.257 e. The molecule has 0 aliphatic heterocycles. The number of aryl methyl sites for hydroxylation is 1. The van der Waals surface area contributed by atoms with E-state index in [1.54, 1.807) is 6.92 Å². The second kappa shape index (κ2) is 4.78. The molecule has 1 heterocycles. The normalized spacial score (nSPS) is 26.0. The van der Waals surface area contributed by atoms with Gasteiger partial charge < -0.3 is 4.98 Å². The Bertz CT molecular complexity index is 473. The topological polar surface area (TPSA) is 74.8 Å². The van der Waals surface area contributed by atoms with Crippen molar-refractivity contribution in [3.63, 3.8) is 0 Å². The molecule has 1 aliphatic rings. The van der Waals surface area contributed by atoms with Gasteiger partial charge in [-0.3, -0.25) is 0 Å². The van der Waals surface area contributed by atoms with Crippen molar-refractivity contribution in [1.82, 2.24) is 14.7 Å². The van der Waals surface area contributed by atoms with Crippen LogP contribution in [0.25, 0.3) is 0 Å². The Kier molecular flexibility index (Phi) is 3.53. The standard InChI is InChI=1S/C11H19N3O2S/c1-8-3-5-10(6-4-8)14-17(15,16)11-7-12-9(2)13-11/h7-8,10,14H,3-6H2,1-2H3,(H,12,13). The third-order valence-electron chi connectivity index (χ3n) is 3.31. The highest BCUT2D eigenvalue weighted by Gasteiger charge is 2.25. The van der Waals surface area contributed by atoms with Crippen LogP contribution in [0.3, 0.4) is 0 Å². The summed E-state index contributed by atoms with van der Waals surface area (Å²) < 4.78 is 26.8. The van der Waals surface area contributed by atoms with Gasteiger partial charge in [-0.1, -0.05) is 6.92 Å². The van der Waals surface area contributed by atoms with E-state index in [4.69, 9.17) is 0 Å². The molecule has 96 valence electrons. The number of hydrogen-bond acceptors (Lipinski definition) is 3. The van der Waals surface area contributed by atoms with E-state index in [1.807, 2.05) is 0 Å². The van der Waals surface area contributed by atoms with Gasteiger partial charge in [0, 0.05) is 6.04 Å². The van der Waals surface area contributed by atoms with Crippen LogP contribution in [0, 0.1) is 12.8 Å². The second-order valence-electron chi connectivity index (χ2n) is 4.91. The number of rotatable bonds is 3. The van der Waals surface area contributed by atoms with E-state index >= 15 is 0 Å². The number of sulfonamides is 1. The molecule has 6 heteroatoms. The van der Waals surface area contributed by atoms with Crippen molar-refractivity contribution in [2.75, 3.05) is 0 Å². The summed E-state index contributed by atoms with van der Waals surface area (Å²) in [7, 11) is -3.42. The van der Waals surface area contributed by atoms with Gasteiger partial charge in [0.1, 0.15) is 5.82 Å². The minimum atomic E-state index is -3.42. The van der Waals surface area contributed by atoms with Crippen molar-refractivity contribution >= 4 is 10.0 Å². The molecule has 1 aromatic rings. The van der Waals surface area contributed by atoms with Gasteiger partial charge in [-0.05, 0) is 38.5 Å². The molecule has 2 rings (SSSR count). The summed E-state index contributed by atoms with van der Waals surface area (Å²) in [6.07, 6.45) is 5.40. The summed E-state index contributed by atoms with van der Waals surface area (Å²) in [6, 6.07) is 0.0693. The second-order valence-corrected chi connectivity index (χ2v) is 6.59. The van der Waals surface area contributed by atoms with Gasteiger partial charge in [-0.25, -0.2) is 18.1 Å². The third-order valence-corrected chi connectivity index (χ3v) is 4.74. The van der Waals surface area contributed by atoms with Crippen LogP contribution in [0.2, 0.25) is 0 Å². The molecule has 0 atom stereocenters. The lowest BCUT2D eigenvalue weighted by molar-refractivity contribution is 0.332. The first kappa shape index (κ1) is 12.6. The molecule has 1 aromatic heterocycles. The average Bonchev–Trinajstić information content (AvgIpc) is 2.69. The molecule has 1 aliphatic carbocycles. The van der Waals surface area contributed by atoms with Crippen molar-refractivity contribution in [1.29, 1.82) is 0 Å². The fraction of sp³-hybridized carbons (Fsp3) is 0.727. The Morgan fingerprint density at radius 3 is 2.53 bits per heavy atom. The highest BCUT2D eigenvalue weighted by Crippen LogP contribution is 2.24. The van der Waals surface area contributed by atoms with Gasteiger partial charge >= 0.3 is 0 Å². The van der Waals surface area contributed by atoms with Crippen LogP contribution in [-0.4, -0.2) is 24.4 Å². The Labute approximate surface area is 102 Å². The van der Waals surface area contributed by atoms with Gasteiger partial charge in [-0.2, -0.15) is 0 Å². The molecular weight excluding hydrogens is 238 g/mol. The van der Waals surface area contributed by atoms with Crippen LogP contribution in [-0.2, 0) is 10.0 Å². The van der Waals surface area contributed by atoms with Gasteiger partial charge in [-0.15, -0.1) is 0 Å². The maximum absolute atomic E-state index is 12.0. The van der Waals surface area contributed by atoms with Crippen molar-refractivity contribution in [2.45, 2.75) is 50.6 Å². The fourth-order valence-electron chi connectivity index (χ4n) is 2.20. The molecule has 0 bridgehead atoms. The summed E-state index contributed by atoms with van der Waals surface area (Å²) >= 11 is 0. The summed E-state index contributed by atoms with van der Waals surface area (Å²) in [5.41, 5.74) is 0. The summed E-state index contributed by atoms with van der Waals surface area (Å²) in [5, 5.41) is 0.161. The van der Waals surface area contributed by atoms with Crippen LogP contribution in [0.1, 0.15) is 38.4 Å². The van der Waals surface area contributed by atoms with Crippen LogP contribution in [0.15, 0.2) is 11.2 Å². The molecule has 0 amide bonds. The number of nitrogens with zero attached hydrogens (tertiary/aromatic N) is 1. The average molecular weight is 257 g/mol. The van der Waals surface area contributed by atoms with E-state index in [9.17, 15) is 8.42 Å². The molecule has 0 radical (unpaired) electrons. The van der Waals surface area contributed by atoms with E-state index in [0.29, 0.717) is 11.7 Å². The Balaban J connectivity index is 2.03. The molecule has 17 heavy (non-hydrogen) atoms. The third kappa shape index (κ3) is 3.07. The Hall–Kier alpha value is -0.880. The monoisotopic (exact) mass is 257 g/mol. The minimum absolute atomic E-state index is 0.0693. The van der Waals surface area contributed by atoms with E-state index in [1.165, 1.54) is 6.20 Å². The van der Waals surface area contributed by atoms with Crippen molar-refractivity contribution in [3.8, 4) is 0 Å². The molecule has 0 spiro atoms. The smallest absolute Gasteiger partial charge is 0.257 e. The molecular formula is C11H19N3O2S. The lowest BCUT2D eigenvalue weighted by atomic mass is 9.88. The molecule has 1 saturated carbocycles. The van der Waals surface area contributed by atoms with E-state index in [2.05, 4.69) is 21.6 Å². The lowest BCUT2D eigenvalue weighted by Gasteiger charge is -2.26. The quantitative estimate of drug-likeness (QED) is 0.863. The zero-order valence-electron chi connectivity index (χ0n) is 10.2. The first-order valence-electron chi connectivity index (χ1n) is 6.01. The maximum atomic E-state index is 12.0. The van der Waals surface area contributed by atoms with Crippen LogP contribution in [0.5, 0.6) is 0 Å².